The summed E-state index contributed by atoms with van der Waals surface area (Å²) in [5.41, 5.74) is 0.545. The average molecular weight is 339 g/mol. The summed E-state index contributed by atoms with van der Waals surface area (Å²) in [5.74, 6) is 0.103. The molecule has 1 aromatic heterocycles. The largest absolute Gasteiger partial charge is 0.493 e. The third-order valence-electron chi connectivity index (χ3n) is 4.65. The van der Waals surface area contributed by atoms with E-state index in [0.29, 0.717) is 35.5 Å². The molecule has 2 aromatic rings. The number of nitrogens with zero attached hydrogens (tertiary/aromatic N) is 3. The third kappa shape index (κ3) is 2.11. The minimum absolute atomic E-state index is 0.226. The molecule has 2 aliphatic rings. The molecule has 7 nitrogen and oxygen atoms in total. The summed E-state index contributed by atoms with van der Waals surface area (Å²) in [5, 5.41) is 29.9. The molecule has 0 fully saturated rings. The van der Waals surface area contributed by atoms with Gasteiger partial charge in [-0.05, 0) is 44.6 Å². The molecular formula is C18H17N3O4. The lowest BCUT2D eigenvalue weighted by Crippen LogP contribution is -2.29. The molecule has 0 unspecified atom stereocenters. The molecule has 0 amide bonds. The standard InChI is InChI=1S/C18H17N3O4/c1-18(2)7-5-11-12(4-3-10(9-19)15(11)25-18)21-16(23)14-13(22)6-8-20(14)17(21)24/h3-5,7,13,22-23H,6,8H2,1-2H3/t13-/m1/s1. The number of aliphatic hydroxyl groups excluding tert-OH is 1. The maximum Gasteiger partial charge on any atom is 0.336 e. The zero-order valence-electron chi connectivity index (χ0n) is 13.9. The van der Waals surface area contributed by atoms with Crippen LogP contribution in [-0.4, -0.2) is 24.9 Å². The summed E-state index contributed by atoms with van der Waals surface area (Å²) in [6.45, 7) is 4.09. The topological polar surface area (TPSA) is 100 Å². The first-order chi connectivity index (χ1) is 11.8. The molecule has 0 saturated heterocycles. The average Bonchev–Trinajstić information content (AvgIpc) is 3.06. The summed E-state index contributed by atoms with van der Waals surface area (Å²) in [7, 11) is 0. The molecule has 0 radical (unpaired) electrons. The molecule has 2 aliphatic heterocycles. The molecule has 1 atom stereocenters. The Labute approximate surface area is 143 Å². The van der Waals surface area contributed by atoms with E-state index in [9.17, 15) is 20.3 Å². The lowest BCUT2D eigenvalue weighted by atomic mass is 9.98. The van der Waals surface area contributed by atoms with E-state index in [0.717, 1.165) is 4.57 Å². The van der Waals surface area contributed by atoms with Crippen LogP contribution in [0.1, 0.15) is 43.2 Å². The van der Waals surface area contributed by atoms with Crippen LogP contribution in [0.4, 0.5) is 0 Å². The second-order valence-electron chi connectivity index (χ2n) is 6.81. The number of hydrogen-bond acceptors (Lipinski definition) is 5. The van der Waals surface area contributed by atoms with Crippen LogP contribution in [0.25, 0.3) is 11.8 Å². The Bertz CT molecular complexity index is 1020. The van der Waals surface area contributed by atoms with E-state index in [1.165, 1.54) is 4.57 Å². The summed E-state index contributed by atoms with van der Waals surface area (Å²) in [4.78, 5) is 12.7. The van der Waals surface area contributed by atoms with Crippen LogP contribution in [0.15, 0.2) is 23.0 Å². The Morgan fingerprint density at radius 3 is 2.84 bits per heavy atom. The number of imidazole rings is 1. The first-order valence-electron chi connectivity index (χ1n) is 8.02. The van der Waals surface area contributed by atoms with Gasteiger partial charge in [0, 0.05) is 12.1 Å². The van der Waals surface area contributed by atoms with E-state index in [2.05, 4.69) is 6.07 Å². The van der Waals surface area contributed by atoms with Crippen molar-refractivity contribution in [2.24, 2.45) is 0 Å². The highest BCUT2D eigenvalue weighted by Gasteiger charge is 2.33. The summed E-state index contributed by atoms with van der Waals surface area (Å²) < 4.78 is 8.45. The van der Waals surface area contributed by atoms with Gasteiger partial charge in [-0.3, -0.25) is 4.57 Å². The van der Waals surface area contributed by atoms with Crippen molar-refractivity contribution >= 4 is 6.08 Å². The number of benzene rings is 1. The molecule has 2 N–H and O–H groups in total. The number of aromatic hydroxyl groups is 1. The second-order valence-corrected chi connectivity index (χ2v) is 6.81. The van der Waals surface area contributed by atoms with Gasteiger partial charge in [0.15, 0.2) is 0 Å². The lowest BCUT2D eigenvalue weighted by molar-refractivity contribution is 0.158. The fourth-order valence-corrected chi connectivity index (χ4v) is 3.42. The van der Waals surface area contributed by atoms with Crippen LogP contribution < -0.4 is 10.4 Å². The number of rotatable bonds is 1. The molecule has 1 aromatic carbocycles. The molecule has 3 heterocycles. The second kappa shape index (κ2) is 5.01. The van der Waals surface area contributed by atoms with Crippen LogP contribution in [0, 0.1) is 11.3 Å². The Morgan fingerprint density at radius 2 is 2.16 bits per heavy atom. The molecule has 128 valence electrons. The smallest absolute Gasteiger partial charge is 0.336 e. The monoisotopic (exact) mass is 339 g/mol. The Hall–Kier alpha value is -2.98. The van der Waals surface area contributed by atoms with Crippen LogP contribution in [0.5, 0.6) is 11.6 Å². The Kier molecular flexibility index (Phi) is 3.11. The minimum atomic E-state index is -0.867. The predicted molar refractivity (Wildman–Crippen MR) is 89.7 cm³/mol. The van der Waals surface area contributed by atoms with Crippen molar-refractivity contribution in [1.29, 1.82) is 5.26 Å². The van der Waals surface area contributed by atoms with Gasteiger partial charge in [-0.2, -0.15) is 5.26 Å². The molecule has 0 spiro atoms. The molecule has 0 saturated carbocycles. The molecule has 0 aliphatic carbocycles. The molecule has 7 heteroatoms. The van der Waals surface area contributed by atoms with E-state index in [1.54, 1.807) is 18.2 Å². The van der Waals surface area contributed by atoms with Crippen molar-refractivity contribution in [2.45, 2.75) is 38.5 Å². The van der Waals surface area contributed by atoms with E-state index >= 15 is 0 Å². The predicted octanol–water partition coefficient (Wildman–Crippen LogP) is 1.84. The quantitative estimate of drug-likeness (QED) is 0.826. The number of aliphatic hydroxyl groups is 1. The number of nitriles is 1. The van der Waals surface area contributed by atoms with Gasteiger partial charge < -0.3 is 14.9 Å². The van der Waals surface area contributed by atoms with Gasteiger partial charge >= 0.3 is 5.69 Å². The van der Waals surface area contributed by atoms with E-state index < -0.39 is 17.4 Å². The molecule has 0 bridgehead atoms. The Morgan fingerprint density at radius 1 is 1.40 bits per heavy atom. The highest BCUT2D eigenvalue weighted by molar-refractivity contribution is 5.73. The van der Waals surface area contributed by atoms with Gasteiger partial charge in [0.25, 0.3) is 0 Å². The summed E-state index contributed by atoms with van der Waals surface area (Å²) in [6.07, 6.45) is 3.16. The number of ether oxygens (including phenoxy) is 1. The molecule has 25 heavy (non-hydrogen) atoms. The van der Waals surface area contributed by atoms with Crippen molar-refractivity contribution < 1.29 is 14.9 Å². The Balaban J connectivity index is 2.00. The summed E-state index contributed by atoms with van der Waals surface area (Å²) in [6, 6.07) is 5.26. The van der Waals surface area contributed by atoms with E-state index in [1.807, 2.05) is 19.9 Å². The fraction of sp³-hybridized carbons (Fsp3) is 0.333. The van der Waals surface area contributed by atoms with Gasteiger partial charge in [-0.15, -0.1) is 0 Å². The van der Waals surface area contributed by atoms with Crippen LogP contribution >= 0.6 is 0 Å². The van der Waals surface area contributed by atoms with Gasteiger partial charge in [-0.25, -0.2) is 9.36 Å². The zero-order valence-corrected chi connectivity index (χ0v) is 13.9. The van der Waals surface area contributed by atoms with Gasteiger partial charge in [0.2, 0.25) is 5.88 Å². The van der Waals surface area contributed by atoms with Crippen molar-refractivity contribution in [2.75, 3.05) is 0 Å². The maximum atomic E-state index is 12.7. The van der Waals surface area contributed by atoms with E-state index in [-0.39, 0.29) is 11.6 Å². The van der Waals surface area contributed by atoms with E-state index in [4.69, 9.17) is 4.74 Å². The highest BCUT2D eigenvalue weighted by atomic mass is 16.5. The van der Waals surface area contributed by atoms with Gasteiger partial charge in [0.05, 0.1) is 11.3 Å². The lowest BCUT2D eigenvalue weighted by Gasteiger charge is -2.29. The normalized spacial score (nSPS) is 19.8. The molecular weight excluding hydrogens is 322 g/mol. The number of fused-ring (bicyclic) bond motifs is 2. The minimum Gasteiger partial charge on any atom is -0.493 e. The molecule has 4 rings (SSSR count). The first-order valence-corrected chi connectivity index (χ1v) is 8.02. The third-order valence-corrected chi connectivity index (χ3v) is 4.65. The van der Waals surface area contributed by atoms with Gasteiger partial charge in [0.1, 0.15) is 29.2 Å². The van der Waals surface area contributed by atoms with Crippen LogP contribution in [0.3, 0.4) is 0 Å². The van der Waals surface area contributed by atoms with Crippen molar-refractivity contribution in [1.82, 2.24) is 9.13 Å². The number of hydrogen-bond donors (Lipinski definition) is 2. The summed E-state index contributed by atoms with van der Waals surface area (Å²) >= 11 is 0. The van der Waals surface area contributed by atoms with Crippen LogP contribution in [0.2, 0.25) is 0 Å². The van der Waals surface area contributed by atoms with Crippen LogP contribution in [-0.2, 0) is 6.54 Å². The van der Waals surface area contributed by atoms with Gasteiger partial charge in [-0.1, -0.05) is 0 Å². The number of aromatic nitrogens is 2. The maximum absolute atomic E-state index is 12.7. The van der Waals surface area contributed by atoms with Crippen molar-refractivity contribution in [3.8, 4) is 23.4 Å². The fourth-order valence-electron chi connectivity index (χ4n) is 3.42. The van der Waals surface area contributed by atoms with Crippen molar-refractivity contribution in [3.63, 3.8) is 0 Å². The SMILES string of the molecule is CC1(C)C=Cc2c(-n3c(O)c4n(c3=O)CC[C@H]4O)ccc(C#N)c2O1. The zero-order chi connectivity index (χ0) is 17.9. The first kappa shape index (κ1) is 15.5. The van der Waals surface area contributed by atoms with Crippen molar-refractivity contribution in [3.05, 3.63) is 45.5 Å². The highest BCUT2D eigenvalue weighted by Crippen LogP contribution is 2.40.